The van der Waals surface area contributed by atoms with Crippen LogP contribution in [0.4, 0.5) is 0 Å². The van der Waals surface area contributed by atoms with Gasteiger partial charge in [-0.25, -0.2) is 0 Å². The Hall–Kier alpha value is -1.06. The molecule has 19 heavy (non-hydrogen) atoms. The number of aliphatic hydroxyl groups excluding tert-OH is 1. The van der Waals surface area contributed by atoms with Gasteiger partial charge in [-0.1, -0.05) is 25.5 Å². The molecule has 1 heterocycles. The molecule has 3 nitrogen and oxygen atoms in total. The molecule has 0 aromatic heterocycles. The molecule has 1 aromatic carbocycles. The van der Waals surface area contributed by atoms with Crippen molar-refractivity contribution >= 4 is 0 Å². The van der Waals surface area contributed by atoms with Gasteiger partial charge in [0.1, 0.15) is 5.75 Å². The van der Waals surface area contributed by atoms with Crippen molar-refractivity contribution in [3.8, 4) is 5.75 Å². The third kappa shape index (κ3) is 3.95. The fourth-order valence-electron chi connectivity index (χ4n) is 2.78. The first kappa shape index (κ1) is 14.4. The van der Waals surface area contributed by atoms with E-state index in [1.807, 2.05) is 24.3 Å². The predicted molar refractivity (Wildman–Crippen MR) is 77.4 cm³/mol. The van der Waals surface area contributed by atoms with Gasteiger partial charge in [-0.15, -0.1) is 0 Å². The first-order chi connectivity index (χ1) is 9.20. The predicted octanol–water partition coefficient (Wildman–Crippen LogP) is 2.85. The number of hydrogen-bond donors (Lipinski definition) is 1. The Labute approximate surface area is 116 Å². The van der Waals surface area contributed by atoms with Crippen molar-refractivity contribution in [3.05, 3.63) is 29.8 Å². The first-order valence-electron chi connectivity index (χ1n) is 7.25. The minimum Gasteiger partial charge on any atom is -0.497 e. The van der Waals surface area contributed by atoms with E-state index in [0.29, 0.717) is 0 Å². The summed E-state index contributed by atoms with van der Waals surface area (Å²) in [5.41, 5.74) is 0.977. The number of ether oxygens (including phenoxy) is 1. The molecule has 0 radical (unpaired) electrons. The van der Waals surface area contributed by atoms with Crippen LogP contribution in [-0.4, -0.2) is 36.8 Å². The SMILES string of the molecule is COc1ccc([C@@H](O)[C@@H](C)CN2CCCCC2)cc1. The lowest BCUT2D eigenvalue weighted by Crippen LogP contribution is -2.35. The average molecular weight is 263 g/mol. The molecule has 1 aliphatic heterocycles. The number of nitrogens with zero attached hydrogens (tertiary/aromatic N) is 1. The highest BCUT2D eigenvalue weighted by Crippen LogP contribution is 2.25. The van der Waals surface area contributed by atoms with E-state index in [1.54, 1.807) is 7.11 Å². The zero-order valence-electron chi connectivity index (χ0n) is 12.0. The molecule has 0 amide bonds. The Kier molecular flexibility index (Phi) is 5.23. The molecule has 2 rings (SSSR count). The topological polar surface area (TPSA) is 32.7 Å². The van der Waals surface area contributed by atoms with Crippen LogP contribution in [0.3, 0.4) is 0 Å². The Morgan fingerprint density at radius 3 is 2.37 bits per heavy atom. The van der Waals surface area contributed by atoms with Crippen LogP contribution in [0.15, 0.2) is 24.3 Å². The van der Waals surface area contributed by atoms with Gasteiger partial charge >= 0.3 is 0 Å². The molecule has 0 unspecified atom stereocenters. The van der Waals surface area contributed by atoms with E-state index >= 15 is 0 Å². The number of aliphatic hydroxyl groups is 1. The highest BCUT2D eigenvalue weighted by molar-refractivity contribution is 5.28. The van der Waals surface area contributed by atoms with E-state index in [1.165, 1.54) is 32.4 Å². The second kappa shape index (κ2) is 6.92. The summed E-state index contributed by atoms with van der Waals surface area (Å²) in [4.78, 5) is 2.47. The maximum absolute atomic E-state index is 10.4. The summed E-state index contributed by atoms with van der Waals surface area (Å²) in [5.74, 6) is 1.09. The Morgan fingerprint density at radius 1 is 1.16 bits per heavy atom. The maximum Gasteiger partial charge on any atom is 0.118 e. The summed E-state index contributed by atoms with van der Waals surface area (Å²) in [6, 6.07) is 7.73. The van der Waals surface area contributed by atoms with E-state index in [2.05, 4.69) is 11.8 Å². The summed E-state index contributed by atoms with van der Waals surface area (Å²) in [6.07, 6.45) is 3.55. The molecular weight excluding hydrogens is 238 g/mol. The molecule has 3 heteroatoms. The summed E-state index contributed by atoms with van der Waals surface area (Å²) in [7, 11) is 1.66. The van der Waals surface area contributed by atoms with Crippen molar-refractivity contribution in [2.45, 2.75) is 32.3 Å². The van der Waals surface area contributed by atoms with E-state index in [9.17, 15) is 5.11 Å². The van der Waals surface area contributed by atoms with Crippen LogP contribution in [0.1, 0.15) is 37.9 Å². The Morgan fingerprint density at radius 2 is 1.79 bits per heavy atom. The smallest absolute Gasteiger partial charge is 0.118 e. The second-order valence-electron chi connectivity index (χ2n) is 5.56. The molecular formula is C16H25NO2. The van der Waals surface area contributed by atoms with Gasteiger partial charge in [0.2, 0.25) is 0 Å². The van der Waals surface area contributed by atoms with Crippen molar-refractivity contribution in [2.75, 3.05) is 26.7 Å². The highest BCUT2D eigenvalue weighted by Gasteiger charge is 2.20. The van der Waals surface area contributed by atoms with E-state index in [4.69, 9.17) is 4.74 Å². The maximum atomic E-state index is 10.4. The minimum atomic E-state index is -0.396. The Bertz CT molecular complexity index is 371. The molecule has 1 saturated heterocycles. The van der Waals surface area contributed by atoms with E-state index in [0.717, 1.165) is 17.9 Å². The third-order valence-corrected chi connectivity index (χ3v) is 3.99. The van der Waals surface area contributed by atoms with Crippen LogP contribution >= 0.6 is 0 Å². The number of rotatable bonds is 5. The molecule has 1 fully saturated rings. The van der Waals surface area contributed by atoms with Gasteiger partial charge in [-0.2, -0.15) is 0 Å². The summed E-state index contributed by atoms with van der Waals surface area (Å²) >= 11 is 0. The molecule has 2 atom stereocenters. The molecule has 0 aliphatic carbocycles. The van der Waals surface area contributed by atoms with Crippen LogP contribution in [0.25, 0.3) is 0 Å². The van der Waals surface area contributed by atoms with Crippen LogP contribution < -0.4 is 4.74 Å². The van der Waals surface area contributed by atoms with Gasteiger partial charge in [0.05, 0.1) is 13.2 Å². The fourth-order valence-corrected chi connectivity index (χ4v) is 2.78. The largest absolute Gasteiger partial charge is 0.497 e. The fraction of sp³-hybridized carbons (Fsp3) is 0.625. The van der Waals surface area contributed by atoms with Crippen molar-refractivity contribution in [2.24, 2.45) is 5.92 Å². The standard InChI is InChI=1S/C16H25NO2/c1-13(12-17-10-4-3-5-11-17)16(18)14-6-8-15(19-2)9-7-14/h6-9,13,16,18H,3-5,10-12H2,1-2H3/t13-,16-/m0/s1. The van der Waals surface area contributed by atoms with E-state index in [-0.39, 0.29) is 5.92 Å². The number of piperidine rings is 1. The van der Waals surface area contributed by atoms with Crippen molar-refractivity contribution < 1.29 is 9.84 Å². The van der Waals surface area contributed by atoms with Crippen molar-refractivity contribution in [3.63, 3.8) is 0 Å². The normalized spacial score (nSPS) is 19.9. The van der Waals surface area contributed by atoms with Crippen LogP contribution in [0.5, 0.6) is 5.75 Å². The minimum absolute atomic E-state index is 0.256. The van der Waals surface area contributed by atoms with Gasteiger partial charge in [0.25, 0.3) is 0 Å². The van der Waals surface area contributed by atoms with Crippen molar-refractivity contribution in [1.29, 1.82) is 0 Å². The second-order valence-corrected chi connectivity index (χ2v) is 5.56. The lowest BCUT2D eigenvalue weighted by atomic mass is 9.96. The number of likely N-dealkylation sites (tertiary alicyclic amines) is 1. The van der Waals surface area contributed by atoms with Crippen molar-refractivity contribution in [1.82, 2.24) is 4.90 Å². The molecule has 1 aliphatic rings. The average Bonchev–Trinajstić information content (AvgIpc) is 2.47. The summed E-state index contributed by atoms with van der Waals surface area (Å²) < 4.78 is 5.14. The van der Waals surface area contributed by atoms with Crippen LogP contribution in [0, 0.1) is 5.92 Å². The highest BCUT2D eigenvalue weighted by atomic mass is 16.5. The van der Waals surface area contributed by atoms with Gasteiger partial charge in [-0.05, 0) is 49.5 Å². The number of benzene rings is 1. The summed E-state index contributed by atoms with van der Waals surface area (Å²) in [6.45, 7) is 5.47. The summed E-state index contributed by atoms with van der Waals surface area (Å²) in [5, 5.41) is 10.4. The quantitative estimate of drug-likeness (QED) is 0.886. The monoisotopic (exact) mass is 263 g/mol. The van der Waals surface area contributed by atoms with Gasteiger partial charge in [0.15, 0.2) is 0 Å². The van der Waals surface area contributed by atoms with Crippen LogP contribution in [-0.2, 0) is 0 Å². The zero-order chi connectivity index (χ0) is 13.7. The third-order valence-electron chi connectivity index (χ3n) is 3.99. The van der Waals surface area contributed by atoms with Crippen LogP contribution in [0.2, 0.25) is 0 Å². The van der Waals surface area contributed by atoms with Gasteiger partial charge in [-0.3, -0.25) is 0 Å². The Balaban J connectivity index is 1.91. The number of hydrogen-bond acceptors (Lipinski definition) is 3. The lowest BCUT2D eigenvalue weighted by Gasteiger charge is -2.31. The molecule has 0 spiro atoms. The number of methoxy groups -OCH3 is 1. The first-order valence-corrected chi connectivity index (χ1v) is 7.25. The molecule has 1 N–H and O–H groups in total. The van der Waals surface area contributed by atoms with Gasteiger partial charge < -0.3 is 14.7 Å². The zero-order valence-corrected chi connectivity index (χ0v) is 12.0. The molecule has 0 bridgehead atoms. The molecule has 106 valence electrons. The van der Waals surface area contributed by atoms with Gasteiger partial charge in [0, 0.05) is 6.54 Å². The lowest BCUT2D eigenvalue weighted by molar-refractivity contribution is 0.0820. The van der Waals surface area contributed by atoms with E-state index < -0.39 is 6.10 Å². The molecule has 1 aromatic rings. The molecule has 0 saturated carbocycles.